The number of hydrogen-bond acceptors (Lipinski definition) is 5. The van der Waals surface area contributed by atoms with Gasteiger partial charge in [-0.2, -0.15) is 5.10 Å². The average molecular weight is 480 g/mol. The molecule has 2 amide bonds. The first-order valence-corrected chi connectivity index (χ1v) is 12.6. The molecule has 0 radical (unpaired) electrons. The molecule has 2 aromatic rings. The largest absolute Gasteiger partial charge is 0.494 e. The van der Waals surface area contributed by atoms with Crippen molar-refractivity contribution in [3.8, 4) is 5.75 Å². The van der Waals surface area contributed by atoms with Crippen molar-refractivity contribution in [1.29, 1.82) is 0 Å². The molecule has 8 nitrogen and oxygen atoms in total. The fourth-order valence-electron chi connectivity index (χ4n) is 4.95. The van der Waals surface area contributed by atoms with Crippen molar-refractivity contribution in [2.75, 3.05) is 13.7 Å². The first-order chi connectivity index (χ1) is 16.8. The normalized spacial score (nSPS) is 20.7. The van der Waals surface area contributed by atoms with Crippen LogP contribution >= 0.6 is 0 Å². The number of para-hydroxylation sites is 1. The number of carbonyl (C=O) groups is 2. The topological polar surface area (TPSA) is 88.5 Å². The minimum Gasteiger partial charge on any atom is -0.494 e. The maximum absolute atomic E-state index is 13.4. The second kappa shape index (κ2) is 10.5. The maximum atomic E-state index is 13.4. The number of rotatable bonds is 7. The molecule has 1 unspecified atom stereocenters. The Morgan fingerprint density at radius 1 is 1.20 bits per heavy atom. The summed E-state index contributed by atoms with van der Waals surface area (Å²) in [4.78, 5) is 28.3. The van der Waals surface area contributed by atoms with Gasteiger partial charge in [0.25, 0.3) is 5.91 Å². The summed E-state index contributed by atoms with van der Waals surface area (Å²) in [6.45, 7) is 9.29. The molecule has 1 fully saturated rings. The minimum absolute atomic E-state index is 0.0206. The summed E-state index contributed by atoms with van der Waals surface area (Å²) in [6.07, 6.45) is 6.83. The lowest BCUT2D eigenvalue weighted by atomic mass is 9.94. The minimum atomic E-state index is -0.841. The van der Waals surface area contributed by atoms with Gasteiger partial charge in [0.2, 0.25) is 5.91 Å². The number of amides is 2. The molecule has 1 saturated carbocycles. The number of fused-ring (bicyclic) bond motifs is 1. The van der Waals surface area contributed by atoms with Gasteiger partial charge in [0, 0.05) is 25.2 Å². The van der Waals surface area contributed by atoms with Gasteiger partial charge in [-0.15, -0.1) is 0 Å². The monoisotopic (exact) mass is 479 g/mol. The van der Waals surface area contributed by atoms with Gasteiger partial charge in [0.05, 0.1) is 24.5 Å². The number of benzene rings is 1. The lowest BCUT2D eigenvalue weighted by Crippen LogP contribution is -2.60. The van der Waals surface area contributed by atoms with Gasteiger partial charge in [0.1, 0.15) is 11.3 Å². The highest BCUT2D eigenvalue weighted by Gasteiger charge is 2.44. The molecule has 2 N–H and O–H groups in total. The first-order valence-electron chi connectivity index (χ1n) is 12.6. The van der Waals surface area contributed by atoms with Crippen LogP contribution in [0.15, 0.2) is 36.9 Å². The van der Waals surface area contributed by atoms with Crippen LogP contribution in [0.4, 0.5) is 0 Å². The van der Waals surface area contributed by atoms with Gasteiger partial charge in [-0.05, 0) is 38.8 Å². The molecule has 188 valence electrons. The van der Waals surface area contributed by atoms with Crippen LogP contribution in [-0.2, 0) is 17.9 Å². The molecule has 8 heteroatoms. The Balaban J connectivity index is 1.47. The zero-order valence-electron chi connectivity index (χ0n) is 21.1. The molecule has 1 aromatic carbocycles. The van der Waals surface area contributed by atoms with E-state index in [1.165, 1.54) is 12.8 Å². The molecule has 0 saturated heterocycles. The molecular formula is C27H37N5O3. The highest BCUT2D eigenvalue weighted by molar-refractivity contribution is 5.94. The van der Waals surface area contributed by atoms with E-state index in [4.69, 9.17) is 4.74 Å². The van der Waals surface area contributed by atoms with Gasteiger partial charge in [-0.3, -0.25) is 14.3 Å². The summed E-state index contributed by atoms with van der Waals surface area (Å²) in [7, 11) is 1.88. The van der Waals surface area contributed by atoms with Crippen molar-refractivity contribution < 1.29 is 14.3 Å². The zero-order chi connectivity index (χ0) is 25.0. The van der Waals surface area contributed by atoms with Gasteiger partial charge < -0.3 is 20.3 Å². The van der Waals surface area contributed by atoms with Crippen LogP contribution in [0.3, 0.4) is 0 Å². The predicted octanol–water partition coefficient (Wildman–Crippen LogP) is 3.73. The van der Waals surface area contributed by atoms with E-state index >= 15 is 0 Å². The van der Waals surface area contributed by atoms with Crippen molar-refractivity contribution in [1.82, 2.24) is 25.3 Å². The van der Waals surface area contributed by atoms with E-state index in [-0.39, 0.29) is 17.9 Å². The average Bonchev–Trinajstić information content (AvgIpc) is 3.10. The van der Waals surface area contributed by atoms with Crippen LogP contribution < -0.4 is 15.4 Å². The predicted molar refractivity (Wildman–Crippen MR) is 136 cm³/mol. The zero-order valence-corrected chi connectivity index (χ0v) is 21.1. The van der Waals surface area contributed by atoms with Gasteiger partial charge in [0.15, 0.2) is 5.69 Å². The summed E-state index contributed by atoms with van der Waals surface area (Å²) in [5.74, 6) is 0.455. The number of nitrogens with zero attached hydrogens (tertiary/aromatic N) is 3. The SMILES string of the molecule is C=C1c2cc(C(=O)NCc3ccccc3OCC)nn2CC(C)(C(=O)NC2CCCCCC2)N1C. The summed E-state index contributed by atoms with van der Waals surface area (Å²) >= 11 is 0. The van der Waals surface area contributed by atoms with E-state index in [0.29, 0.717) is 31.1 Å². The van der Waals surface area contributed by atoms with Gasteiger partial charge in [-0.1, -0.05) is 50.5 Å². The Hall–Kier alpha value is -3.29. The van der Waals surface area contributed by atoms with Crippen LogP contribution in [0, 0.1) is 0 Å². The Morgan fingerprint density at radius 2 is 1.91 bits per heavy atom. The summed E-state index contributed by atoms with van der Waals surface area (Å²) in [5, 5.41) is 10.8. The van der Waals surface area contributed by atoms with Crippen LogP contribution in [0.25, 0.3) is 5.70 Å². The summed E-state index contributed by atoms with van der Waals surface area (Å²) in [5.41, 5.74) is 1.78. The van der Waals surface area contributed by atoms with Crippen LogP contribution in [0.2, 0.25) is 0 Å². The summed E-state index contributed by atoms with van der Waals surface area (Å²) < 4.78 is 7.38. The molecule has 0 spiro atoms. The van der Waals surface area contributed by atoms with Crippen molar-refractivity contribution in [3.05, 3.63) is 53.9 Å². The highest BCUT2D eigenvalue weighted by Crippen LogP contribution is 2.33. The Morgan fingerprint density at radius 3 is 2.63 bits per heavy atom. The Bertz CT molecular complexity index is 1090. The number of aromatic nitrogens is 2. The highest BCUT2D eigenvalue weighted by atomic mass is 16.5. The van der Waals surface area contributed by atoms with Crippen LogP contribution in [0.1, 0.15) is 74.1 Å². The molecule has 1 atom stereocenters. The van der Waals surface area contributed by atoms with Crippen molar-refractivity contribution >= 4 is 17.5 Å². The Labute approximate surface area is 207 Å². The van der Waals surface area contributed by atoms with Crippen LogP contribution in [-0.4, -0.2) is 51.7 Å². The molecule has 1 aliphatic heterocycles. The van der Waals surface area contributed by atoms with Crippen molar-refractivity contribution in [3.63, 3.8) is 0 Å². The molecule has 1 aliphatic carbocycles. The lowest BCUT2D eigenvalue weighted by molar-refractivity contribution is -0.132. The van der Waals surface area contributed by atoms with E-state index in [1.807, 2.05) is 50.1 Å². The van der Waals surface area contributed by atoms with Gasteiger partial charge in [-0.25, -0.2) is 0 Å². The van der Waals surface area contributed by atoms with Crippen molar-refractivity contribution in [2.45, 2.75) is 77.0 Å². The Kier molecular flexibility index (Phi) is 7.48. The van der Waals surface area contributed by atoms with Crippen LogP contribution in [0.5, 0.6) is 5.75 Å². The van der Waals surface area contributed by atoms with Crippen molar-refractivity contribution in [2.24, 2.45) is 0 Å². The third-order valence-corrected chi connectivity index (χ3v) is 7.30. The van der Waals surface area contributed by atoms with E-state index < -0.39 is 5.54 Å². The lowest BCUT2D eigenvalue weighted by Gasteiger charge is -2.44. The molecule has 1 aromatic heterocycles. The smallest absolute Gasteiger partial charge is 0.272 e. The van der Waals surface area contributed by atoms with Gasteiger partial charge >= 0.3 is 0 Å². The first kappa shape index (κ1) is 24.8. The van der Waals surface area contributed by atoms with E-state index in [1.54, 1.807) is 10.7 Å². The maximum Gasteiger partial charge on any atom is 0.272 e. The van der Waals surface area contributed by atoms with E-state index in [9.17, 15) is 9.59 Å². The molecule has 35 heavy (non-hydrogen) atoms. The van der Waals surface area contributed by atoms with E-state index in [0.717, 1.165) is 42.7 Å². The number of ether oxygens (including phenoxy) is 1. The standard InChI is InChI=1S/C27H37N5O3/c1-5-35-24-15-11-10-12-20(24)17-28-25(33)22-16-23-19(2)31(4)27(3,18-32(23)30-22)26(34)29-21-13-8-6-7-9-14-21/h10-12,15-16,21H,2,5-9,13-14,17-18H2,1,3-4H3,(H,28,33)(H,29,34). The second-order valence-corrected chi connectivity index (χ2v) is 9.74. The molecule has 0 bridgehead atoms. The molecule has 2 heterocycles. The fourth-order valence-corrected chi connectivity index (χ4v) is 4.95. The second-order valence-electron chi connectivity index (χ2n) is 9.74. The number of carbonyl (C=O) groups excluding carboxylic acids is 2. The third kappa shape index (κ3) is 5.21. The molecule has 4 rings (SSSR count). The fraction of sp³-hybridized carbons (Fsp3) is 0.519. The molecule has 2 aliphatic rings. The molecular weight excluding hydrogens is 442 g/mol. The van der Waals surface area contributed by atoms with E-state index in [2.05, 4.69) is 22.3 Å². The third-order valence-electron chi connectivity index (χ3n) is 7.30. The number of hydrogen-bond donors (Lipinski definition) is 2. The quantitative estimate of drug-likeness (QED) is 0.591. The number of likely N-dealkylation sites (N-methyl/N-ethyl adjacent to an activating group) is 1. The number of nitrogens with one attached hydrogen (secondary N) is 2. The summed E-state index contributed by atoms with van der Waals surface area (Å²) in [6, 6.07) is 9.60.